The molecular formula is C33H60N8O4. The number of nitrogens with zero attached hydrogens (tertiary/aromatic N) is 2. The molecule has 1 aromatic carbocycles. The summed E-state index contributed by atoms with van der Waals surface area (Å²) in [4.78, 5) is 16.9. The molecule has 2 saturated heterocycles. The van der Waals surface area contributed by atoms with Crippen LogP contribution in [-0.2, 0) is 10.2 Å². The second-order valence-electron chi connectivity index (χ2n) is 14.3. The van der Waals surface area contributed by atoms with Gasteiger partial charge in [-0.25, -0.2) is 4.79 Å². The van der Waals surface area contributed by atoms with E-state index in [4.69, 9.17) is 16.2 Å². The van der Waals surface area contributed by atoms with E-state index in [1.54, 1.807) is 0 Å². The van der Waals surface area contributed by atoms with Crippen LogP contribution in [0, 0.1) is 5.92 Å². The van der Waals surface area contributed by atoms with E-state index in [-0.39, 0.29) is 29.9 Å². The molecule has 45 heavy (non-hydrogen) atoms. The molecule has 256 valence electrons. The van der Waals surface area contributed by atoms with E-state index < -0.39 is 30.6 Å². The number of amides is 2. The van der Waals surface area contributed by atoms with Crippen molar-refractivity contribution in [1.29, 1.82) is 0 Å². The summed E-state index contributed by atoms with van der Waals surface area (Å²) in [5, 5.41) is 34.8. The van der Waals surface area contributed by atoms with Gasteiger partial charge in [-0.15, -0.1) is 0 Å². The number of aliphatic hydroxyl groups is 2. The van der Waals surface area contributed by atoms with Gasteiger partial charge < -0.3 is 37.1 Å². The van der Waals surface area contributed by atoms with E-state index in [2.05, 4.69) is 65.7 Å². The summed E-state index contributed by atoms with van der Waals surface area (Å²) < 4.78 is 6.25. The van der Waals surface area contributed by atoms with Crippen LogP contribution in [0.2, 0.25) is 0 Å². The quantitative estimate of drug-likeness (QED) is 0.149. The highest BCUT2D eigenvalue weighted by Gasteiger charge is 2.47. The van der Waals surface area contributed by atoms with Gasteiger partial charge in [0.2, 0.25) is 0 Å². The molecule has 3 aliphatic rings. The van der Waals surface area contributed by atoms with Crippen molar-refractivity contribution in [2.45, 2.75) is 134 Å². The first-order chi connectivity index (χ1) is 21.3. The average Bonchev–Trinajstić information content (AvgIpc) is 3.23. The Hall–Kier alpha value is -1.87. The summed E-state index contributed by atoms with van der Waals surface area (Å²) in [6.07, 6.45) is 1.92. The van der Waals surface area contributed by atoms with E-state index in [9.17, 15) is 15.0 Å². The molecule has 0 radical (unpaired) electrons. The molecule has 4 rings (SSSR count). The number of urea groups is 1. The molecule has 1 saturated carbocycles. The first-order valence-electron chi connectivity index (χ1n) is 17.0. The molecule has 0 spiro atoms. The van der Waals surface area contributed by atoms with Gasteiger partial charge >= 0.3 is 6.03 Å². The topological polar surface area (TPSA) is 173 Å². The lowest BCUT2D eigenvalue weighted by Gasteiger charge is -2.49. The molecule has 8 atom stereocenters. The Morgan fingerprint density at radius 2 is 1.80 bits per heavy atom. The van der Waals surface area contributed by atoms with Gasteiger partial charge in [0.05, 0.1) is 24.5 Å². The minimum atomic E-state index is -1.10. The number of likely N-dealkylation sites (N-methyl/N-ethyl adjacent to an activating group) is 1. The Labute approximate surface area is 270 Å². The molecule has 2 heterocycles. The smallest absolute Gasteiger partial charge is 0.319 e. The number of hydrogen-bond acceptors (Lipinski definition) is 10. The van der Waals surface area contributed by atoms with Crippen LogP contribution >= 0.6 is 0 Å². The van der Waals surface area contributed by atoms with Gasteiger partial charge in [0.25, 0.3) is 0 Å². The molecule has 1 aliphatic carbocycles. The summed E-state index contributed by atoms with van der Waals surface area (Å²) in [6.45, 7) is 12.6. The van der Waals surface area contributed by atoms with Crippen LogP contribution in [0.15, 0.2) is 24.3 Å². The van der Waals surface area contributed by atoms with Crippen LogP contribution in [0.1, 0.15) is 78.7 Å². The monoisotopic (exact) mass is 632 g/mol. The summed E-state index contributed by atoms with van der Waals surface area (Å²) >= 11 is 0. The Morgan fingerprint density at radius 1 is 1.13 bits per heavy atom. The van der Waals surface area contributed by atoms with Gasteiger partial charge in [-0.3, -0.25) is 20.4 Å². The zero-order valence-corrected chi connectivity index (χ0v) is 28.2. The number of rotatable bonds is 13. The Bertz CT molecular complexity index is 1060. The zero-order valence-electron chi connectivity index (χ0n) is 28.2. The number of ether oxygens (including phenoxy) is 1. The van der Waals surface area contributed by atoms with Crippen molar-refractivity contribution in [2.24, 2.45) is 17.4 Å². The van der Waals surface area contributed by atoms with Gasteiger partial charge in [-0.2, -0.15) is 0 Å². The van der Waals surface area contributed by atoms with Crippen LogP contribution in [0.4, 0.5) is 10.5 Å². The van der Waals surface area contributed by atoms with Crippen LogP contribution in [0.25, 0.3) is 0 Å². The first kappa shape index (κ1) is 36.0. The first-order valence-corrected chi connectivity index (χ1v) is 17.0. The SMILES string of the molecule is CCC(CC)C1NC(NC2OC(CN(CCCNC(=O)Nc3ccc(C(C)(C)C)cc3)C3CCC3)C(O)C2O)C(N)C(N)N1C. The maximum atomic E-state index is 12.5. The number of aliphatic hydroxyl groups excluding tert-OH is 2. The Morgan fingerprint density at radius 3 is 2.38 bits per heavy atom. The van der Waals surface area contributed by atoms with Crippen molar-refractivity contribution >= 4 is 11.7 Å². The Balaban J connectivity index is 1.27. The number of nitrogens with two attached hydrogens (primary N) is 2. The molecule has 2 aliphatic heterocycles. The zero-order chi connectivity index (χ0) is 32.9. The normalized spacial score (nSPS) is 31.4. The molecule has 12 heteroatoms. The average molecular weight is 633 g/mol. The van der Waals surface area contributed by atoms with E-state index in [1.807, 2.05) is 31.3 Å². The van der Waals surface area contributed by atoms with Crippen molar-refractivity contribution in [3.63, 3.8) is 0 Å². The van der Waals surface area contributed by atoms with Crippen molar-refractivity contribution in [3.8, 4) is 0 Å². The lowest BCUT2D eigenvalue weighted by molar-refractivity contribution is -0.0584. The molecule has 3 fully saturated rings. The van der Waals surface area contributed by atoms with Crippen LogP contribution < -0.4 is 32.7 Å². The van der Waals surface area contributed by atoms with Gasteiger partial charge in [0.15, 0.2) is 0 Å². The van der Waals surface area contributed by atoms with E-state index in [1.165, 1.54) is 12.0 Å². The highest BCUT2D eigenvalue weighted by Crippen LogP contribution is 2.29. The molecule has 0 bridgehead atoms. The van der Waals surface area contributed by atoms with Gasteiger partial charge in [-0.05, 0) is 55.3 Å². The van der Waals surface area contributed by atoms with E-state index in [0.717, 1.165) is 44.3 Å². The summed E-state index contributed by atoms with van der Waals surface area (Å²) in [6, 6.07) is 7.68. The second kappa shape index (κ2) is 15.8. The van der Waals surface area contributed by atoms with E-state index >= 15 is 0 Å². The van der Waals surface area contributed by atoms with Gasteiger partial charge in [-0.1, -0.05) is 66.0 Å². The number of nitrogens with one attached hydrogen (secondary N) is 4. The fraction of sp³-hybridized carbons (Fsp3) is 0.788. The maximum absolute atomic E-state index is 12.5. The fourth-order valence-corrected chi connectivity index (χ4v) is 6.76. The van der Waals surface area contributed by atoms with Crippen molar-refractivity contribution in [2.75, 3.05) is 32.0 Å². The molecule has 1 aromatic rings. The van der Waals surface area contributed by atoms with Crippen LogP contribution in [-0.4, -0.2) is 108 Å². The maximum Gasteiger partial charge on any atom is 0.319 e. The highest BCUT2D eigenvalue weighted by atomic mass is 16.6. The highest BCUT2D eigenvalue weighted by molar-refractivity contribution is 5.89. The number of hydrogen-bond donors (Lipinski definition) is 8. The van der Waals surface area contributed by atoms with Crippen molar-refractivity contribution in [1.82, 2.24) is 25.8 Å². The molecular weight excluding hydrogens is 572 g/mol. The van der Waals surface area contributed by atoms with Crippen LogP contribution in [0.5, 0.6) is 0 Å². The third-order valence-electron chi connectivity index (χ3n) is 10.2. The predicted molar refractivity (Wildman–Crippen MR) is 178 cm³/mol. The molecule has 0 aromatic heterocycles. The standard InChI is InChI=1S/C33H60N8O4/c1-7-20(8-2)30-38-29(25(34)28(35)40(30)6)39-31-27(43)26(42)24(45-31)19-41(23-11-9-12-23)18-10-17-36-32(44)37-22-15-13-21(14-16-22)33(3,4)5/h13-16,20,23-31,38-39,42-43H,7-12,17-19,34-35H2,1-6H3,(H2,36,37,44). The lowest BCUT2D eigenvalue weighted by Crippen LogP contribution is -2.77. The minimum Gasteiger partial charge on any atom is -0.387 e. The Kier molecular flexibility index (Phi) is 12.6. The summed E-state index contributed by atoms with van der Waals surface area (Å²) in [5.74, 6) is 0.391. The second-order valence-corrected chi connectivity index (χ2v) is 14.3. The van der Waals surface area contributed by atoms with Crippen molar-refractivity contribution < 1.29 is 19.7 Å². The predicted octanol–water partition coefficient (Wildman–Crippen LogP) is 1.62. The number of benzene rings is 1. The van der Waals surface area contributed by atoms with Gasteiger partial charge in [0, 0.05) is 31.4 Å². The number of carbonyl (C=O) groups excluding carboxylic acids is 1. The number of anilines is 1. The largest absolute Gasteiger partial charge is 0.387 e. The molecule has 12 nitrogen and oxygen atoms in total. The van der Waals surface area contributed by atoms with Crippen LogP contribution in [0.3, 0.4) is 0 Å². The summed E-state index contributed by atoms with van der Waals surface area (Å²) in [5.41, 5.74) is 15.1. The molecule has 10 N–H and O–H groups in total. The third-order valence-corrected chi connectivity index (χ3v) is 10.2. The minimum absolute atomic E-state index is 0.0328. The van der Waals surface area contributed by atoms with Crippen molar-refractivity contribution in [3.05, 3.63) is 29.8 Å². The number of carbonyl (C=O) groups is 1. The molecule has 2 amide bonds. The fourth-order valence-electron chi connectivity index (χ4n) is 6.76. The third kappa shape index (κ3) is 8.94. The van der Waals surface area contributed by atoms with E-state index in [0.29, 0.717) is 25.0 Å². The lowest BCUT2D eigenvalue weighted by atomic mass is 9.87. The summed E-state index contributed by atoms with van der Waals surface area (Å²) in [7, 11) is 1.99. The van der Waals surface area contributed by atoms with Gasteiger partial charge in [0.1, 0.15) is 24.5 Å². The molecule has 8 unspecified atom stereocenters.